The Morgan fingerprint density at radius 1 is 1.16 bits per heavy atom. The molecule has 132 valence electrons. The summed E-state index contributed by atoms with van der Waals surface area (Å²) in [7, 11) is 0. The van der Waals surface area contributed by atoms with Gasteiger partial charge in [0, 0.05) is 22.8 Å². The van der Waals surface area contributed by atoms with Gasteiger partial charge in [-0.25, -0.2) is 9.97 Å². The highest BCUT2D eigenvalue weighted by molar-refractivity contribution is 9.10. The van der Waals surface area contributed by atoms with Gasteiger partial charge in [-0.15, -0.1) is 0 Å². The first-order chi connectivity index (χ1) is 11.8. The van der Waals surface area contributed by atoms with E-state index in [1.807, 2.05) is 0 Å². The molecule has 0 bridgehead atoms. The van der Waals surface area contributed by atoms with E-state index in [0.717, 1.165) is 9.86 Å². The molecule has 0 unspecified atom stereocenters. The van der Waals surface area contributed by atoms with Crippen molar-refractivity contribution in [2.75, 3.05) is 0 Å². The van der Waals surface area contributed by atoms with Crippen molar-refractivity contribution in [3.05, 3.63) is 40.2 Å². The number of rotatable bonds is 5. The minimum Gasteiger partial charge on any atom is -0.422 e. The first kappa shape index (κ1) is 17.9. The van der Waals surface area contributed by atoms with Crippen LogP contribution in [0.5, 0.6) is 11.8 Å². The molecule has 0 aliphatic heterocycles. The number of fused-ring (bicyclic) bond motifs is 1. The van der Waals surface area contributed by atoms with E-state index in [2.05, 4.69) is 31.0 Å². The van der Waals surface area contributed by atoms with E-state index in [1.54, 1.807) is 18.3 Å². The monoisotopic (exact) mass is 434 g/mol. The number of hydrogen-bond donors (Lipinski definition) is 0. The molecule has 3 aromatic rings. The van der Waals surface area contributed by atoms with Gasteiger partial charge in [-0.3, -0.25) is 4.68 Å². The van der Waals surface area contributed by atoms with Gasteiger partial charge in [0.15, 0.2) is 5.75 Å². The zero-order valence-electron chi connectivity index (χ0n) is 12.6. The zero-order chi connectivity index (χ0) is 18.0. The number of hydrogen-bond acceptors (Lipinski definition) is 4. The Labute approximate surface area is 153 Å². The molecule has 25 heavy (non-hydrogen) atoms. The van der Waals surface area contributed by atoms with Gasteiger partial charge in [-0.2, -0.15) is 18.3 Å². The van der Waals surface area contributed by atoms with Crippen LogP contribution in [0.4, 0.5) is 13.2 Å². The van der Waals surface area contributed by atoms with Crippen LogP contribution in [0.1, 0.15) is 12.8 Å². The van der Waals surface area contributed by atoms with Crippen LogP contribution < -0.4 is 4.74 Å². The summed E-state index contributed by atoms with van der Waals surface area (Å²) in [6, 6.07) is 3.51. The second-order valence-corrected chi connectivity index (χ2v) is 6.47. The van der Waals surface area contributed by atoms with E-state index in [9.17, 15) is 13.2 Å². The number of ether oxygens (including phenoxy) is 1. The minimum absolute atomic E-state index is 0.0797. The smallest absolute Gasteiger partial charge is 0.389 e. The lowest BCUT2D eigenvalue weighted by atomic mass is 10.2. The predicted octanol–water partition coefficient (Wildman–Crippen LogP) is 5.38. The van der Waals surface area contributed by atoms with Gasteiger partial charge >= 0.3 is 12.2 Å². The molecule has 0 N–H and O–H groups in total. The van der Waals surface area contributed by atoms with Gasteiger partial charge in [0.2, 0.25) is 0 Å². The average molecular weight is 436 g/mol. The van der Waals surface area contributed by atoms with Crippen LogP contribution in [-0.2, 0) is 6.54 Å². The molecule has 0 atom stereocenters. The molecule has 2 heterocycles. The van der Waals surface area contributed by atoms with Crippen molar-refractivity contribution in [3.8, 4) is 11.8 Å². The summed E-state index contributed by atoms with van der Waals surface area (Å²) >= 11 is 9.14. The molecule has 0 aliphatic rings. The molecule has 0 spiro atoms. The molecular formula is C15H11BrClF3N4O. The van der Waals surface area contributed by atoms with Crippen LogP contribution in [0.25, 0.3) is 10.9 Å². The molecule has 2 aromatic heterocycles. The fourth-order valence-corrected chi connectivity index (χ4v) is 2.79. The molecule has 0 radical (unpaired) electrons. The van der Waals surface area contributed by atoms with Crippen molar-refractivity contribution in [1.82, 2.24) is 19.7 Å². The Hall–Kier alpha value is -1.87. The lowest BCUT2D eigenvalue weighted by Gasteiger charge is -2.10. The normalized spacial score (nSPS) is 11.9. The number of halogens is 5. The van der Waals surface area contributed by atoms with Gasteiger partial charge < -0.3 is 4.74 Å². The lowest BCUT2D eigenvalue weighted by Crippen LogP contribution is -2.10. The van der Waals surface area contributed by atoms with Crippen molar-refractivity contribution in [3.63, 3.8) is 0 Å². The standard InChI is InChI=1S/C15H11BrClF3N4O/c16-11-2-3-12(25-14-21-6-9(17)7-22-14)13-10(11)8-23-24(13)5-1-4-15(18,19)20/h2-3,6-8H,1,4-5H2. The highest BCUT2D eigenvalue weighted by Crippen LogP contribution is 2.34. The van der Waals surface area contributed by atoms with E-state index in [1.165, 1.54) is 17.1 Å². The Kier molecular flexibility index (Phi) is 5.14. The summed E-state index contributed by atoms with van der Waals surface area (Å²) in [6.45, 7) is 0.108. The summed E-state index contributed by atoms with van der Waals surface area (Å²) in [6.07, 6.45) is -0.799. The third kappa shape index (κ3) is 4.40. The maximum absolute atomic E-state index is 12.4. The molecule has 0 saturated heterocycles. The third-order valence-electron chi connectivity index (χ3n) is 3.34. The quantitative estimate of drug-likeness (QED) is 0.540. The van der Waals surface area contributed by atoms with E-state index in [4.69, 9.17) is 16.3 Å². The van der Waals surface area contributed by atoms with E-state index in [0.29, 0.717) is 16.3 Å². The summed E-state index contributed by atoms with van der Waals surface area (Å²) < 4.78 is 45.0. The SMILES string of the molecule is FC(F)(F)CCCn1ncc2c(Br)ccc(Oc3ncc(Cl)cn3)c21. The Bertz CT molecular complexity index is 883. The van der Waals surface area contributed by atoms with Crippen LogP contribution >= 0.6 is 27.5 Å². The Balaban J connectivity index is 1.91. The number of benzene rings is 1. The number of nitrogens with zero attached hydrogens (tertiary/aromatic N) is 4. The fraction of sp³-hybridized carbons (Fsp3) is 0.267. The van der Waals surface area contributed by atoms with Crippen molar-refractivity contribution >= 4 is 38.4 Å². The number of aromatic nitrogens is 4. The highest BCUT2D eigenvalue weighted by atomic mass is 79.9. The average Bonchev–Trinajstić information content (AvgIpc) is 2.96. The number of aryl methyl sites for hydroxylation is 1. The largest absolute Gasteiger partial charge is 0.422 e. The zero-order valence-corrected chi connectivity index (χ0v) is 14.9. The Morgan fingerprint density at radius 2 is 1.88 bits per heavy atom. The maximum Gasteiger partial charge on any atom is 0.389 e. The highest BCUT2D eigenvalue weighted by Gasteiger charge is 2.26. The van der Waals surface area contributed by atoms with Gasteiger partial charge in [0.25, 0.3) is 0 Å². The molecule has 3 rings (SSSR count). The first-order valence-corrected chi connectivity index (χ1v) is 8.37. The molecule has 0 saturated carbocycles. The number of alkyl halides is 3. The van der Waals surface area contributed by atoms with Crippen LogP contribution in [0, 0.1) is 0 Å². The molecular weight excluding hydrogens is 425 g/mol. The summed E-state index contributed by atoms with van der Waals surface area (Å²) in [5.41, 5.74) is 0.565. The summed E-state index contributed by atoms with van der Waals surface area (Å²) in [5, 5.41) is 5.26. The molecule has 1 aromatic carbocycles. The van der Waals surface area contributed by atoms with Crippen LogP contribution in [0.3, 0.4) is 0 Å². The van der Waals surface area contributed by atoms with Crippen LogP contribution in [-0.4, -0.2) is 25.9 Å². The molecule has 0 aliphatic carbocycles. The fourth-order valence-electron chi connectivity index (χ4n) is 2.27. The summed E-state index contributed by atoms with van der Waals surface area (Å²) in [4.78, 5) is 7.91. The van der Waals surface area contributed by atoms with Gasteiger partial charge in [0.05, 0.1) is 23.6 Å². The molecule has 5 nitrogen and oxygen atoms in total. The molecule has 0 fully saturated rings. The van der Waals surface area contributed by atoms with Gasteiger partial charge in [-0.05, 0) is 18.6 Å². The topological polar surface area (TPSA) is 52.8 Å². The maximum atomic E-state index is 12.4. The van der Waals surface area contributed by atoms with Crippen molar-refractivity contribution in [2.45, 2.75) is 25.6 Å². The van der Waals surface area contributed by atoms with Gasteiger partial charge in [0.1, 0.15) is 5.52 Å². The van der Waals surface area contributed by atoms with E-state index < -0.39 is 12.6 Å². The lowest BCUT2D eigenvalue weighted by molar-refractivity contribution is -0.135. The van der Waals surface area contributed by atoms with E-state index in [-0.39, 0.29) is 19.0 Å². The van der Waals surface area contributed by atoms with Crippen LogP contribution in [0.2, 0.25) is 5.02 Å². The first-order valence-electron chi connectivity index (χ1n) is 7.20. The van der Waals surface area contributed by atoms with Crippen molar-refractivity contribution < 1.29 is 17.9 Å². The molecule has 0 amide bonds. The van der Waals surface area contributed by atoms with Crippen LogP contribution in [0.15, 0.2) is 35.2 Å². The summed E-state index contributed by atoms with van der Waals surface area (Å²) in [5.74, 6) is 0.394. The predicted molar refractivity (Wildman–Crippen MR) is 89.8 cm³/mol. The van der Waals surface area contributed by atoms with Crippen molar-refractivity contribution in [2.24, 2.45) is 0 Å². The van der Waals surface area contributed by atoms with Gasteiger partial charge in [-0.1, -0.05) is 27.5 Å². The van der Waals surface area contributed by atoms with Crippen molar-refractivity contribution in [1.29, 1.82) is 0 Å². The second kappa shape index (κ2) is 7.17. The second-order valence-electron chi connectivity index (χ2n) is 5.18. The Morgan fingerprint density at radius 3 is 2.56 bits per heavy atom. The molecule has 10 heteroatoms. The third-order valence-corrected chi connectivity index (χ3v) is 4.23. The van der Waals surface area contributed by atoms with E-state index >= 15 is 0 Å². The minimum atomic E-state index is -4.19.